The van der Waals surface area contributed by atoms with Crippen molar-refractivity contribution < 1.29 is 33.6 Å². The van der Waals surface area contributed by atoms with Gasteiger partial charge in [-0.15, -0.1) is 0 Å². The Balaban J connectivity index is 4.54. The summed E-state index contributed by atoms with van der Waals surface area (Å²) in [7, 11) is 0. The molecule has 0 aliphatic heterocycles. The van der Waals surface area contributed by atoms with E-state index in [9.17, 15) is 14.7 Å². The zero-order chi connectivity index (χ0) is 31.8. The van der Waals surface area contributed by atoms with Gasteiger partial charge >= 0.3 is 11.9 Å². The normalized spacial score (nSPS) is 12.9. The monoisotopic (exact) mass is 615 g/mol. The number of aliphatic hydroxyl groups excluding tert-OH is 1. The average Bonchev–Trinajstić information content (AvgIpc) is 3.01. The van der Waals surface area contributed by atoms with Gasteiger partial charge in [-0.1, -0.05) is 130 Å². The fraction of sp³-hybridized carbons (Fsp3) is 0.944. The van der Waals surface area contributed by atoms with Gasteiger partial charge in [-0.05, 0) is 25.7 Å². The summed E-state index contributed by atoms with van der Waals surface area (Å²) in [6, 6.07) is 0. The number of carbonyl (C=O) groups excluding carboxylic acids is 2. The summed E-state index contributed by atoms with van der Waals surface area (Å²) in [6.45, 7) is 9.91. The predicted molar refractivity (Wildman–Crippen MR) is 176 cm³/mol. The summed E-state index contributed by atoms with van der Waals surface area (Å²) in [5.74, 6) is -1.06. The lowest BCUT2D eigenvalue weighted by molar-refractivity contribution is -0.161. The molecule has 7 heteroatoms. The average molecular weight is 615 g/mol. The van der Waals surface area contributed by atoms with Crippen LogP contribution in [0.15, 0.2) is 0 Å². The van der Waals surface area contributed by atoms with E-state index in [2.05, 4.69) is 27.7 Å². The summed E-state index contributed by atoms with van der Waals surface area (Å²) < 4.78 is 23.1. The van der Waals surface area contributed by atoms with Crippen LogP contribution in [0, 0.1) is 11.8 Å². The third-order valence-corrected chi connectivity index (χ3v) is 8.03. The topological polar surface area (TPSA) is 91.3 Å². The summed E-state index contributed by atoms with van der Waals surface area (Å²) >= 11 is 0. The molecule has 0 aliphatic carbocycles. The Kier molecular flexibility index (Phi) is 31.3. The number of aliphatic hydroxyl groups is 1. The Morgan fingerprint density at radius 1 is 0.558 bits per heavy atom. The fourth-order valence-electron chi connectivity index (χ4n) is 5.05. The van der Waals surface area contributed by atoms with Crippen LogP contribution < -0.4 is 0 Å². The molecule has 0 saturated heterocycles. The summed E-state index contributed by atoms with van der Waals surface area (Å²) in [6.07, 6.45) is 22.8. The lowest BCUT2D eigenvalue weighted by Gasteiger charge is -2.20. The Bertz CT molecular complexity index is 594. The van der Waals surface area contributed by atoms with Gasteiger partial charge in [0, 0.05) is 19.6 Å². The van der Waals surface area contributed by atoms with Crippen LogP contribution in [0.1, 0.15) is 169 Å². The molecule has 43 heavy (non-hydrogen) atoms. The van der Waals surface area contributed by atoms with Crippen LogP contribution in [0.5, 0.6) is 0 Å². The molecule has 0 amide bonds. The van der Waals surface area contributed by atoms with Gasteiger partial charge in [-0.3, -0.25) is 9.59 Å². The highest BCUT2D eigenvalue weighted by atomic mass is 16.7. The molecule has 0 aromatic heterocycles. The fourth-order valence-corrected chi connectivity index (χ4v) is 5.05. The third kappa shape index (κ3) is 26.9. The maximum atomic E-state index is 12.8. The third-order valence-electron chi connectivity index (χ3n) is 8.03. The largest absolute Gasteiger partial charge is 0.465 e. The molecular weight excluding hydrogens is 544 g/mol. The molecule has 2 atom stereocenters. The van der Waals surface area contributed by atoms with E-state index in [1.165, 1.54) is 64.2 Å². The molecule has 0 rings (SSSR count). The van der Waals surface area contributed by atoms with Crippen LogP contribution in [0.3, 0.4) is 0 Å². The molecule has 0 radical (unpaired) electrons. The van der Waals surface area contributed by atoms with Crippen LogP contribution >= 0.6 is 0 Å². The van der Waals surface area contributed by atoms with Gasteiger partial charge in [-0.2, -0.15) is 0 Å². The van der Waals surface area contributed by atoms with Gasteiger partial charge in [0.15, 0.2) is 6.29 Å². The molecule has 0 aromatic carbocycles. The zero-order valence-electron chi connectivity index (χ0n) is 28.7. The minimum atomic E-state index is -0.427. The predicted octanol–water partition coefficient (Wildman–Crippen LogP) is 9.32. The summed E-state index contributed by atoms with van der Waals surface area (Å²) in [5, 5.41) is 9.80. The van der Waals surface area contributed by atoms with Gasteiger partial charge in [0.1, 0.15) is 0 Å². The van der Waals surface area contributed by atoms with Crippen molar-refractivity contribution >= 4 is 11.9 Å². The number of hydrogen-bond donors (Lipinski definition) is 1. The minimum Gasteiger partial charge on any atom is -0.465 e. The second kappa shape index (κ2) is 32.2. The second-order valence-corrected chi connectivity index (χ2v) is 12.3. The molecule has 0 aliphatic rings. The Hall–Kier alpha value is -1.18. The van der Waals surface area contributed by atoms with Gasteiger partial charge < -0.3 is 24.1 Å². The van der Waals surface area contributed by atoms with Crippen LogP contribution in [0.4, 0.5) is 0 Å². The molecule has 0 bridgehead atoms. The number of unbranched alkanes of at least 4 members (excludes halogenated alkanes) is 14. The van der Waals surface area contributed by atoms with Crippen molar-refractivity contribution in [1.82, 2.24) is 0 Å². The quantitative estimate of drug-likeness (QED) is 0.0447. The van der Waals surface area contributed by atoms with Crippen molar-refractivity contribution in [3.63, 3.8) is 0 Å². The summed E-state index contributed by atoms with van der Waals surface area (Å²) in [4.78, 5) is 25.3. The Morgan fingerprint density at radius 3 is 1.56 bits per heavy atom. The van der Waals surface area contributed by atoms with E-state index >= 15 is 0 Å². The molecule has 256 valence electrons. The molecule has 0 heterocycles. The van der Waals surface area contributed by atoms with E-state index in [1.54, 1.807) is 0 Å². The minimum absolute atomic E-state index is 0.0284. The van der Waals surface area contributed by atoms with Gasteiger partial charge in [-0.25, -0.2) is 0 Å². The first-order chi connectivity index (χ1) is 21.0. The molecular formula is C36H70O7. The van der Waals surface area contributed by atoms with E-state index in [-0.39, 0.29) is 44.1 Å². The van der Waals surface area contributed by atoms with E-state index < -0.39 is 12.2 Å². The van der Waals surface area contributed by atoms with Crippen LogP contribution in [-0.2, 0) is 28.5 Å². The van der Waals surface area contributed by atoms with Crippen molar-refractivity contribution in [2.45, 2.75) is 175 Å². The van der Waals surface area contributed by atoms with Crippen molar-refractivity contribution in [1.29, 1.82) is 0 Å². The van der Waals surface area contributed by atoms with Crippen LogP contribution in [-0.4, -0.2) is 56.4 Å². The smallest absolute Gasteiger partial charge is 0.308 e. The number of esters is 2. The molecule has 0 fully saturated rings. The van der Waals surface area contributed by atoms with Crippen molar-refractivity contribution in [3.05, 3.63) is 0 Å². The molecule has 1 N–H and O–H groups in total. The van der Waals surface area contributed by atoms with Crippen LogP contribution in [0.2, 0.25) is 0 Å². The first kappa shape index (κ1) is 41.8. The van der Waals surface area contributed by atoms with E-state index in [0.717, 1.165) is 64.2 Å². The zero-order valence-corrected chi connectivity index (χ0v) is 28.7. The van der Waals surface area contributed by atoms with Crippen molar-refractivity contribution in [3.8, 4) is 0 Å². The Morgan fingerprint density at radius 2 is 1.02 bits per heavy atom. The first-order valence-electron chi connectivity index (χ1n) is 18.2. The highest BCUT2D eigenvalue weighted by Crippen LogP contribution is 2.20. The Labute approximate surface area is 265 Å². The maximum Gasteiger partial charge on any atom is 0.308 e. The highest BCUT2D eigenvalue weighted by Gasteiger charge is 2.22. The molecule has 0 spiro atoms. The van der Waals surface area contributed by atoms with E-state index in [1.807, 2.05) is 0 Å². The van der Waals surface area contributed by atoms with Crippen molar-refractivity contribution in [2.24, 2.45) is 11.8 Å². The number of ether oxygens (including phenoxy) is 4. The molecule has 0 aromatic rings. The lowest BCUT2D eigenvalue weighted by atomic mass is 9.95. The highest BCUT2D eigenvalue weighted by molar-refractivity contribution is 5.72. The van der Waals surface area contributed by atoms with Gasteiger partial charge in [0.05, 0.1) is 38.1 Å². The number of hydrogen-bond acceptors (Lipinski definition) is 7. The first-order valence-corrected chi connectivity index (χ1v) is 18.2. The lowest BCUT2D eigenvalue weighted by Crippen LogP contribution is -2.27. The molecule has 0 saturated carbocycles. The summed E-state index contributed by atoms with van der Waals surface area (Å²) in [5.41, 5.74) is 0. The maximum absolute atomic E-state index is 12.8. The standard InChI is InChI=1S/C36H70O7/c1-5-9-13-16-18-21-27-40-35(41-28-22-19-17-14-10-6-2)26-25-34(38)42-30-32(29-37)31-43-36(39)33(23-12-8-4)24-20-15-11-7-3/h32-33,35,37H,5-31H2,1-4H3. The SMILES string of the molecule is CCCCCCCCOC(CCC(=O)OCC(CO)COC(=O)C(CCCC)CCCCCC)OCCCCCCCC. The van der Waals surface area contributed by atoms with E-state index in [4.69, 9.17) is 18.9 Å². The van der Waals surface area contributed by atoms with Gasteiger partial charge in [0.25, 0.3) is 0 Å². The van der Waals surface area contributed by atoms with Crippen molar-refractivity contribution in [2.75, 3.05) is 33.0 Å². The molecule has 7 nitrogen and oxygen atoms in total. The second-order valence-electron chi connectivity index (χ2n) is 12.3. The van der Waals surface area contributed by atoms with E-state index in [0.29, 0.717) is 19.6 Å². The molecule has 2 unspecified atom stereocenters. The van der Waals surface area contributed by atoms with Gasteiger partial charge in [0.2, 0.25) is 0 Å². The van der Waals surface area contributed by atoms with Crippen LogP contribution in [0.25, 0.3) is 0 Å². The number of rotatable bonds is 33. The number of carbonyl (C=O) groups is 2.